The predicted octanol–water partition coefficient (Wildman–Crippen LogP) is 2.51. The van der Waals surface area contributed by atoms with Gasteiger partial charge in [0.1, 0.15) is 18.8 Å². The van der Waals surface area contributed by atoms with Gasteiger partial charge < -0.3 is 18.9 Å². The average molecular weight is 459 g/mol. The maximum Gasteiger partial charge on any atom is 0.345 e. The fourth-order valence-corrected chi connectivity index (χ4v) is 8.38. The molecular weight excluding hydrogens is 440 g/mol. The summed E-state index contributed by atoms with van der Waals surface area (Å²) in [7, 11) is 4.84. The molecule has 2 aliphatic heterocycles. The summed E-state index contributed by atoms with van der Waals surface area (Å²) in [6.07, 6.45) is 2.20. The zero-order valence-corrected chi connectivity index (χ0v) is 18.6. The molecule has 156 valence electrons. The quantitative estimate of drug-likeness (QED) is 0.458. The van der Waals surface area contributed by atoms with Crippen molar-refractivity contribution in [1.82, 2.24) is 0 Å². The molecule has 8 nitrogen and oxygen atoms in total. The van der Waals surface area contributed by atoms with Gasteiger partial charge in [-0.15, -0.1) is 0 Å². The Kier molecular flexibility index (Phi) is 6.39. The zero-order valence-electron chi connectivity index (χ0n) is 16.1. The first-order valence-corrected chi connectivity index (χ1v) is 10.9. The standard InChI is InChI=1S/C18H18O8S3/c1-23-14(19)10-11(15(20)24-2)27-9-7-5-6-8(9)18(10)28-12(16(21)25-3)13(29-18)17(22)26-4/h5-7H2,1-4H3. The molecule has 3 rings (SSSR count). The molecule has 0 aromatic carbocycles. The Balaban J connectivity index is 2.25. The second kappa shape index (κ2) is 8.49. The molecule has 0 saturated heterocycles. The van der Waals surface area contributed by atoms with E-state index in [4.69, 9.17) is 18.9 Å². The van der Waals surface area contributed by atoms with Gasteiger partial charge in [-0.1, -0.05) is 35.3 Å². The van der Waals surface area contributed by atoms with Gasteiger partial charge in [-0.2, -0.15) is 0 Å². The molecular formula is C18H18O8S3. The van der Waals surface area contributed by atoms with Gasteiger partial charge in [-0.3, -0.25) is 0 Å². The summed E-state index contributed by atoms with van der Waals surface area (Å²) < 4.78 is 18.3. The Morgan fingerprint density at radius 2 is 1.21 bits per heavy atom. The predicted molar refractivity (Wildman–Crippen MR) is 108 cm³/mol. The first-order chi connectivity index (χ1) is 13.8. The van der Waals surface area contributed by atoms with Crippen LogP contribution in [0.4, 0.5) is 0 Å². The maximum atomic E-state index is 12.8. The number of ether oxygens (including phenoxy) is 4. The van der Waals surface area contributed by atoms with E-state index in [0.717, 1.165) is 46.8 Å². The minimum Gasteiger partial charge on any atom is -0.466 e. The Morgan fingerprint density at radius 1 is 0.724 bits per heavy atom. The number of hydrogen-bond donors (Lipinski definition) is 0. The van der Waals surface area contributed by atoms with Crippen LogP contribution in [-0.4, -0.2) is 56.4 Å². The van der Waals surface area contributed by atoms with Gasteiger partial charge in [0.15, 0.2) is 0 Å². The molecule has 0 fully saturated rings. The van der Waals surface area contributed by atoms with E-state index in [1.165, 1.54) is 40.2 Å². The van der Waals surface area contributed by atoms with Crippen molar-refractivity contribution in [3.63, 3.8) is 0 Å². The van der Waals surface area contributed by atoms with Crippen LogP contribution < -0.4 is 0 Å². The fourth-order valence-electron chi connectivity index (χ4n) is 3.30. The summed E-state index contributed by atoms with van der Waals surface area (Å²) in [6, 6.07) is 0. The van der Waals surface area contributed by atoms with E-state index in [-0.39, 0.29) is 20.3 Å². The number of thioether (sulfide) groups is 3. The van der Waals surface area contributed by atoms with Crippen LogP contribution in [0, 0.1) is 0 Å². The fraction of sp³-hybridized carbons (Fsp3) is 0.444. The first kappa shape index (κ1) is 21.8. The highest BCUT2D eigenvalue weighted by Crippen LogP contribution is 2.68. The molecule has 1 spiro atoms. The number of methoxy groups -OCH3 is 4. The molecule has 2 heterocycles. The third-order valence-corrected chi connectivity index (χ3v) is 9.07. The highest BCUT2D eigenvalue weighted by molar-refractivity contribution is 8.26. The number of carbonyl (C=O) groups is 4. The van der Waals surface area contributed by atoms with Crippen molar-refractivity contribution in [3.8, 4) is 0 Å². The van der Waals surface area contributed by atoms with E-state index >= 15 is 0 Å². The number of allylic oxidation sites excluding steroid dienone is 1. The average Bonchev–Trinajstić information content (AvgIpc) is 3.37. The van der Waals surface area contributed by atoms with Crippen molar-refractivity contribution in [3.05, 3.63) is 30.8 Å². The van der Waals surface area contributed by atoms with Crippen molar-refractivity contribution in [2.45, 2.75) is 23.3 Å². The van der Waals surface area contributed by atoms with Crippen LogP contribution in [0.2, 0.25) is 0 Å². The molecule has 0 radical (unpaired) electrons. The minimum atomic E-state index is -1.21. The largest absolute Gasteiger partial charge is 0.466 e. The topological polar surface area (TPSA) is 105 Å². The molecule has 0 amide bonds. The van der Waals surface area contributed by atoms with E-state index in [2.05, 4.69) is 0 Å². The number of hydrogen-bond acceptors (Lipinski definition) is 11. The molecule has 0 atom stereocenters. The van der Waals surface area contributed by atoms with Gasteiger partial charge in [-0.25, -0.2) is 19.2 Å². The lowest BCUT2D eigenvalue weighted by atomic mass is 10.0. The molecule has 11 heteroatoms. The Labute approximate surface area is 179 Å². The third kappa shape index (κ3) is 3.49. The van der Waals surface area contributed by atoms with Gasteiger partial charge in [0.2, 0.25) is 0 Å². The molecule has 0 bridgehead atoms. The second-order valence-electron chi connectivity index (χ2n) is 6.01. The number of esters is 4. The second-order valence-corrected chi connectivity index (χ2v) is 9.82. The van der Waals surface area contributed by atoms with Gasteiger partial charge in [-0.05, 0) is 29.7 Å². The van der Waals surface area contributed by atoms with E-state index in [1.807, 2.05) is 0 Å². The molecule has 0 unspecified atom stereocenters. The lowest BCUT2D eigenvalue weighted by Gasteiger charge is -2.36. The lowest BCUT2D eigenvalue weighted by Crippen LogP contribution is -2.34. The molecule has 29 heavy (non-hydrogen) atoms. The van der Waals surface area contributed by atoms with Gasteiger partial charge in [0, 0.05) is 0 Å². The van der Waals surface area contributed by atoms with Gasteiger partial charge in [0.05, 0.1) is 34.0 Å². The van der Waals surface area contributed by atoms with E-state index in [1.54, 1.807) is 0 Å². The van der Waals surface area contributed by atoms with Crippen molar-refractivity contribution in [1.29, 1.82) is 0 Å². The maximum absolute atomic E-state index is 12.8. The van der Waals surface area contributed by atoms with Crippen LogP contribution in [-0.2, 0) is 38.1 Å². The molecule has 1 aliphatic carbocycles. The smallest absolute Gasteiger partial charge is 0.345 e. The monoisotopic (exact) mass is 458 g/mol. The highest BCUT2D eigenvalue weighted by Gasteiger charge is 2.58. The Hall–Kier alpha value is -1.85. The van der Waals surface area contributed by atoms with Crippen molar-refractivity contribution in [2.24, 2.45) is 0 Å². The molecule has 0 aromatic heterocycles. The molecule has 0 saturated carbocycles. The van der Waals surface area contributed by atoms with E-state index < -0.39 is 28.0 Å². The summed E-state index contributed by atoms with van der Waals surface area (Å²) >= 11 is 3.20. The Bertz CT molecular complexity index is 871. The highest BCUT2D eigenvalue weighted by atomic mass is 32.2. The summed E-state index contributed by atoms with van der Waals surface area (Å²) in [5.74, 6) is -2.85. The normalized spacial score (nSPS) is 20.0. The van der Waals surface area contributed by atoms with Gasteiger partial charge in [0.25, 0.3) is 0 Å². The summed E-state index contributed by atoms with van der Waals surface area (Å²) in [5, 5.41) is 0. The SMILES string of the molecule is COC(=O)C1=C(C(=O)OC)SC2(S1)C1=C(CCC1)SC(C(=O)OC)=C2C(=O)OC. The van der Waals surface area contributed by atoms with Crippen LogP contribution >= 0.6 is 35.3 Å². The third-order valence-electron chi connectivity index (χ3n) is 4.55. The minimum absolute atomic E-state index is 0.0284. The molecule has 0 aromatic rings. The van der Waals surface area contributed by atoms with Crippen LogP contribution in [0.25, 0.3) is 0 Å². The zero-order chi connectivity index (χ0) is 21.3. The Morgan fingerprint density at radius 3 is 1.69 bits per heavy atom. The van der Waals surface area contributed by atoms with Crippen LogP contribution in [0.5, 0.6) is 0 Å². The van der Waals surface area contributed by atoms with Crippen molar-refractivity contribution < 1.29 is 38.1 Å². The number of fused-ring (bicyclic) bond motifs is 1. The summed E-state index contributed by atoms with van der Waals surface area (Å²) in [4.78, 5) is 51.3. The first-order valence-electron chi connectivity index (χ1n) is 8.45. The summed E-state index contributed by atoms with van der Waals surface area (Å²) in [5.41, 5.74) is 0.929. The molecule has 3 aliphatic rings. The number of rotatable bonds is 4. The number of carbonyl (C=O) groups excluding carboxylic acids is 4. The van der Waals surface area contributed by atoms with Crippen LogP contribution in [0.1, 0.15) is 19.3 Å². The molecule has 0 N–H and O–H groups in total. The summed E-state index contributed by atoms with van der Waals surface area (Å²) in [6.45, 7) is 0. The van der Waals surface area contributed by atoms with Crippen molar-refractivity contribution >= 4 is 59.2 Å². The van der Waals surface area contributed by atoms with Crippen LogP contribution in [0.15, 0.2) is 30.8 Å². The van der Waals surface area contributed by atoms with Crippen LogP contribution in [0.3, 0.4) is 0 Å². The van der Waals surface area contributed by atoms with E-state index in [0.29, 0.717) is 6.42 Å². The van der Waals surface area contributed by atoms with E-state index in [9.17, 15) is 19.2 Å². The lowest BCUT2D eigenvalue weighted by molar-refractivity contribution is -0.138. The van der Waals surface area contributed by atoms with Gasteiger partial charge >= 0.3 is 23.9 Å². The van der Waals surface area contributed by atoms with Crippen molar-refractivity contribution in [2.75, 3.05) is 28.4 Å².